The lowest BCUT2D eigenvalue weighted by Gasteiger charge is -2.18. The molecule has 1 saturated heterocycles. The van der Waals surface area contributed by atoms with Gasteiger partial charge < -0.3 is 20.7 Å². The Balaban J connectivity index is 2.27. The lowest BCUT2D eigenvalue weighted by molar-refractivity contribution is -0.123. The van der Waals surface area contributed by atoms with Gasteiger partial charge in [0.25, 0.3) is 0 Å². The number of carbonyl (C=O) groups excluding carboxylic acids is 3. The molecular formula is C14H17N3O4. The molecule has 0 radical (unpaired) electrons. The third-order valence-corrected chi connectivity index (χ3v) is 3.33. The number of hydrogen-bond acceptors (Lipinski definition) is 4. The zero-order chi connectivity index (χ0) is 15.6. The molecule has 1 aliphatic heterocycles. The molecule has 7 heteroatoms. The first kappa shape index (κ1) is 14.8. The Bertz CT molecular complexity index is 600. The third-order valence-electron chi connectivity index (χ3n) is 3.33. The Morgan fingerprint density at radius 1 is 1.43 bits per heavy atom. The van der Waals surface area contributed by atoms with Crippen molar-refractivity contribution < 1.29 is 19.1 Å². The number of nitrogens with zero attached hydrogens (tertiary/aromatic N) is 1. The van der Waals surface area contributed by atoms with Gasteiger partial charge in [0.15, 0.2) is 0 Å². The second kappa shape index (κ2) is 5.82. The fourth-order valence-corrected chi connectivity index (χ4v) is 2.29. The molecule has 112 valence electrons. The van der Waals surface area contributed by atoms with Crippen LogP contribution in [0.1, 0.15) is 13.3 Å². The number of rotatable bonds is 4. The number of hydrogen-bond donors (Lipinski definition) is 2. The Morgan fingerprint density at radius 2 is 2.14 bits per heavy atom. The summed E-state index contributed by atoms with van der Waals surface area (Å²) in [5, 5.41) is 2.64. The van der Waals surface area contributed by atoms with Crippen LogP contribution in [0.3, 0.4) is 0 Å². The molecule has 7 nitrogen and oxygen atoms in total. The summed E-state index contributed by atoms with van der Waals surface area (Å²) in [6, 6.07) is 4.99. The van der Waals surface area contributed by atoms with Crippen molar-refractivity contribution in [2.45, 2.75) is 13.3 Å². The van der Waals surface area contributed by atoms with Gasteiger partial charge in [0.2, 0.25) is 17.7 Å². The van der Waals surface area contributed by atoms with E-state index in [4.69, 9.17) is 10.5 Å². The molecule has 0 bridgehead atoms. The maximum absolute atomic E-state index is 12.0. The van der Waals surface area contributed by atoms with E-state index in [1.54, 1.807) is 18.2 Å². The van der Waals surface area contributed by atoms with E-state index in [-0.39, 0.29) is 24.8 Å². The molecule has 1 unspecified atom stereocenters. The number of anilines is 2. The summed E-state index contributed by atoms with van der Waals surface area (Å²) in [6.07, 6.45) is 0.116. The van der Waals surface area contributed by atoms with Gasteiger partial charge in [-0.2, -0.15) is 0 Å². The molecule has 3 N–H and O–H groups in total. The summed E-state index contributed by atoms with van der Waals surface area (Å²) in [7, 11) is 1.47. The SMILES string of the molecule is COc1cc(N2CC(C(N)=O)CC2=O)ccc1NC(C)=O. The second-order valence-electron chi connectivity index (χ2n) is 4.87. The first-order chi connectivity index (χ1) is 9.92. The maximum Gasteiger partial charge on any atom is 0.227 e. The number of benzene rings is 1. The number of amides is 3. The van der Waals surface area contributed by atoms with Crippen molar-refractivity contribution in [2.24, 2.45) is 11.7 Å². The van der Waals surface area contributed by atoms with Crippen LogP contribution in [-0.2, 0) is 14.4 Å². The zero-order valence-corrected chi connectivity index (χ0v) is 11.9. The molecule has 2 rings (SSSR count). The standard InChI is InChI=1S/C14H17N3O4/c1-8(18)16-11-4-3-10(6-12(11)21-2)17-7-9(14(15)20)5-13(17)19/h3-4,6,9H,5,7H2,1-2H3,(H2,15,20)(H,16,18). The van der Waals surface area contributed by atoms with Gasteiger partial charge in [-0.3, -0.25) is 14.4 Å². The molecule has 0 saturated carbocycles. The van der Waals surface area contributed by atoms with Crippen molar-refractivity contribution in [1.29, 1.82) is 0 Å². The van der Waals surface area contributed by atoms with Crippen LogP contribution in [0.2, 0.25) is 0 Å². The number of carbonyl (C=O) groups is 3. The Morgan fingerprint density at radius 3 is 2.67 bits per heavy atom. The number of nitrogens with one attached hydrogen (secondary N) is 1. The molecule has 0 aromatic heterocycles. The fraction of sp³-hybridized carbons (Fsp3) is 0.357. The number of primary amides is 1. The van der Waals surface area contributed by atoms with E-state index in [9.17, 15) is 14.4 Å². The zero-order valence-electron chi connectivity index (χ0n) is 11.9. The van der Waals surface area contributed by atoms with Crippen molar-refractivity contribution in [3.63, 3.8) is 0 Å². The molecule has 1 fully saturated rings. The summed E-state index contributed by atoms with van der Waals surface area (Å²) >= 11 is 0. The monoisotopic (exact) mass is 291 g/mol. The fourth-order valence-electron chi connectivity index (χ4n) is 2.29. The maximum atomic E-state index is 12.0. The van der Waals surface area contributed by atoms with Gasteiger partial charge in [-0.25, -0.2) is 0 Å². The van der Waals surface area contributed by atoms with E-state index in [0.29, 0.717) is 17.1 Å². The Hall–Kier alpha value is -2.57. The summed E-state index contributed by atoms with van der Waals surface area (Å²) in [5.41, 5.74) is 6.37. The molecule has 1 aromatic rings. The van der Waals surface area contributed by atoms with Crippen LogP contribution in [0.25, 0.3) is 0 Å². The lowest BCUT2D eigenvalue weighted by atomic mass is 10.1. The van der Waals surface area contributed by atoms with Crippen LogP contribution >= 0.6 is 0 Å². The highest BCUT2D eigenvalue weighted by atomic mass is 16.5. The molecule has 21 heavy (non-hydrogen) atoms. The smallest absolute Gasteiger partial charge is 0.227 e. The van der Waals surface area contributed by atoms with Crippen molar-refractivity contribution in [3.8, 4) is 5.75 Å². The summed E-state index contributed by atoms with van der Waals surface area (Å²) in [4.78, 5) is 35.8. The average Bonchev–Trinajstić information content (AvgIpc) is 2.81. The molecule has 1 atom stereocenters. The highest BCUT2D eigenvalue weighted by Crippen LogP contribution is 2.32. The van der Waals surface area contributed by atoms with Gasteiger partial charge >= 0.3 is 0 Å². The highest BCUT2D eigenvalue weighted by Gasteiger charge is 2.34. The van der Waals surface area contributed by atoms with Gasteiger partial charge in [0, 0.05) is 31.6 Å². The minimum absolute atomic E-state index is 0.116. The van der Waals surface area contributed by atoms with Crippen LogP contribution in [0.15, 0.2) is 18.2 Å². The normalized spacial score (nSPS) is 17.7. The van der Waals surface area contributed by atoms with Gasteiger partial charge in [-0.1, -0.05) is 0 Å². The molecular weight excluding hydrogens is 274 g/mol. The van der Waals surface area contributed by atoms with Crippen molar-refractivity contribution in [1.82, 2.24) is 0 Å². The van der Waals surface area contributed by atoms with E-state index >= 15 is 0 Å². The van der Waals surface area contributed by atoms with E-state index < -0.39 is 11.8 Å². The largest absolute Gasteiger partial charge is 0.494 e. The first-order valence-corrected chi connectivity index (χ1v) is 6.47. The van der Waals surface area contributed by atoms with Crippen molar-refractivity contribution >= 4 is 29.1 Å². The molecule has 1 aliphatic rings. The topological polar surface area (TPSA) is 102 Å². The first-order valence-electron chi connectivity index (χ1n) is 6.47. The predicted octanol–water partition coefficient (Wildman–Crippen LogP) is 0.492. The summed E-state index contributed by atoms with van der Waals surface area (Å²) < 4.78 is 5.21. The quantitative estimate of drug-likeness (QED) is 0.843. The van der Waals surface area contributed by atoms with E-state index in [2.05, 4.69) is 5.32 Å². The van der Waals surface area contributed by atoms with E-state index in [1.165, 1.54) is 18.9 Å². The minimum Gasteiger partial charge on any atom is -0.494 e. The highest BCUT2D eigenvalue weighted by molar-refractivity contribution is 6.00. The lowest BCUT2D eigenvalue weighted by Crippen LogP contribution is -2.28. The van der Waals surface area contributed by atoms with Crippen LogP contribution in [0.5, 0.6) is 5.75 Å². The number of nitrogens with two attached hydrogens (primary N) is 1. The molecule has 1 heterocycles. The van der Waals surface area contributed by atoms with Gasteiger partial charge in [0.05, 0.1) is 18.7 Å². The predicted molar refractivity (Wildman–Crippen MR) is 77.0 cm³/mol. The third kappa shape index (κ3) is 3.13. The minimum atomic E-state index is -0.479. The summed E-state index contributed by atoms with van der Waals surface area (Å²) in [5.74, 6) is -0.885. The number of ether oxygens (including phenoxy) is 1. The van der Waals surface area contributed by atoms with Crippen LogP contribution in [0, 0.1) is 5.92 Å². The summed E-state index contributed by atoms with van der Waals surface area (Å²) in [6.45, 7) is 1.66. The second-order valence-corrected chi connectivity index (χ2v) is 4.87. The van der Waals surface area contributed by atoms with E-state index in [0.717, 1.165) is 0 Å². The average molecular weight is 291 g/mol. The van der Waals surface area contributed by atoms with Gasteiger partial charge in [-0.05, 0) is 12.1 Å². The van der Waals surface area contributed by atoms with Gasteiger partial charge in [0.1, 0.15) is 5.75 Å². The van der Waals surface area contributed by atoms with Crippen LogP contribution in [0.4, 0.5) is 11.4 Å². The number of methoxy groups -OCH3 is 1. The molecule has 1 aromatic carbocycles. The molecule has 3 amide bonds. The van der Waals surface area contributed by atoms with Crippen molar-refractivity contribution in [2.75, 3.05) is 23.9 Å². The van der Waals surface area contributed by atoms with Gasteiger partial charge in [-0.15, -0.1) is 0 Å². The van der Waals surface area contributed by atoms with Crippen LogP contribution < -0.4 is 20.7 Å². The van der Waals surface area contributed by atoms with Crippen molar-refractivity contribution in [3.05, 3.63) is 18.2 Å². The molecule has 0 spiro atoms. The Labute approximate surface area is 122 Å². The molecule has 0 aliphatic carbocycles. The Kier molecular flexibility index (Phi) is 4.11. The van der Waals surface area contributed by atoms with E-state index in [1.807, 2.05) is 0 Å². The van der Waals surface area contributed by atoms with Crippen LogP contribution in [-0.4, -0.2) is 31.4 Å².